The van der Waals surface area contributed by atoms with Crippen molar-refractivity contribution in [3.63, 3.8) is 0 Å². The second-order valence-electron chi connectivity index (χ2n) is 7.41. The molecular formula is C21H22F2N4OS. The number of hydrogen-bond donors (Lipinski definition) is 1. The van der Waals surface area contributed by atoms with Gasteiger partial charge in [0.2, 0.25) is 0 Å². The molecule has 0 spiro atoms. The maximum atomic E-state index is 13.9. The molecule has 0 atom stereocenters. The van der Waals surface area contributed by atoms with Crippen molar-refractivity contribution < 1.29 is 13.6 Å². The Morgan fingerprint density at radius 1 is 1.10 bits per heavy atom. The Kier molecular flexibility index (Phi) is 5.36. The zero-order valence-corrected chi connectivity index (χ0v) is 17.1. The number of piperazine rings is 1. The standard InChI is InChI=1S/C21H22F2N4OS/c1-13(2)14-3-5-16(6-4-14)24-20(28)26-7-9-27(10-8-26)21-25-19-17(23)11-15(22)12-18(19)29-21/h3-6,11-13H,7-10H2,1-2H3,(H,24,28). The van der Waals surface area contributed by atoms with Gasteiger partial charge in [-0.1, -0.05) is 37.3 Å². The number of carbonyl (C=O) groups excluding carboxylic acids is 1. The number of aromatic nitrogens is 1. The van der Waals surface area contributed by atoms with Gasteiger partial charge in [-0.15, -0.1) is 0 Å². The van der Waals surface area contributed by atoms with E-state index in [0.29, 0.717) is 41.9 Å². The molecule has 1 N–H and O–H groups in total. The summed E-state index contributed by atoms with van der Waals surface area (Å²) < 4.78 is 27.8. The van der Waals surface area contributed by atoms with Crippen LogP contribution in [0, 0.1) is 11.6 Å². The van der Waals surface area contributed by atoms with E-state index >= 15 is 0 Å². The second kappa shape index (κ2) is 7.94. The zero-order chi connectivity index (χ0) is 20.5. The molecule has 0 saturated carbocycles. The van der Waals surface area contributed by atoms with E-state index < -0.39 is 11.6 Å². The quantitative estimate of drug-likeness (QED) is 0.650. The van der Waals surface area contributed by atoms with Gasteiger partial charge in [0.25, 0.3) is 0 Å². The summed E-state index contributed by atoms with van der Waals surface area (Å²) in [5.74, 6) is -0.808. The van der Waals surface area contributed by atoms with Gasteiger partial charge in [0.05, 0.1) is 4.70 Å². The van der Waals surface area contributed by atoms with Gasteiger partial charge in [0, 0.05) is 37.9 Å². The van der Waals surface area contributed by atoms with Crippen LogP contribution in [0.3, 0.4) is 0 Å². The lowest BCUT2D eigenvalue weighted by Gasteiger charge is -2.34. The van der Waals surface area contributed by atoms with E-state index in [0.717, 1.165) is 11.8 Å². The summed E-state index contributed by atoms with van der Waals surface area (Å²) in [6.45, 7) is 6.49. The summed E-state index contributed by atoms with van der Waals surface area (Å²) in [7, 11) is 0. The first kappa shape index (κ1) is 19.6. The van der Waals surface area contributed by atoms with E-state index in [-0.39, 0.29) is 11.5 Å². The number of urea groups is 1. The molecule has 0 radical (unpaired) electrons. The van der Waals surface area contributed by atoms with Crippen molar-refractivity contribution in [2.45, 2.75) is 19.8 Å². The van der Waals surface area contributed by atoms with Crippen LogP contribution in [-0.2, 0) is 0 Å². The predicted molar refractivity (Wildman–Crippen MR) is 113 cm³/mol. The lowest BCUT2D eigenvalue weighted by atomic mass is 10.0. The van der Waals surface area contributed by atoms with Crippen LogP contribution in [0.1, 0.15) is 25.3 Å². The Morgan fingerprint density at radius 3 is 2.45 bits per heavy atom. The molecule has 1 aromatic heterocycles. The SMILES string of the molecule is CC(C)c1ccc(NC(=O)N2CCN(c3nc4c(F)cc(F)cc4s3)CC2)cc1. The third-order valence-corrected chi connectivity index (χ3v) is 6.13. The van der Waals surface area contributed by atoms with Crippen LogP contribution in [0.5, 0.6) is 0 Å². The van der Waals surface area contributed by atoms with E-state index in [4.69, 9.17) is 0 Å². The van der Waals surface area contributed by atoms with Crippen LogP contribution in [-0.4, -0.2) is 42.1 Å². The summed E-state index contributed by atoms with van der Waals surface area (Å²) in [4.78, 5) is 20.6. The molecule has 1 fully saturated rings. The van der Waals surface area contributed by atoms with E-state index in [1.807, 2.05) is 29.2 Å². The maximum absolute atomic E-state index is 13.9. The van der Waals surface area contributed by atoms with Gasteiger partial charge in [-0.05, 0) is 29.7 Å². The lowest BCUT2D eigenvalue weighted by Crippen LogP contribution is -2.50. The van der Waals surface area contributed by atoms with Crippen molar-refractivity contribution >= 4 is 38.4 Å². The summed E-state index contributed by atoms with van der Waals surface area (Å²) in [6.07, 6.45) is 0. The number of rotatable bonds is 3. The number of carbonyl (C=O) groups is 1. The lowest BCUT2D eigenvalue weighted by molar-refractivity contribution is 0.208. The minimum atomic E-state index is -0.649. The zero-order valence-electron chi connectivity index (χ0n) is 16.3. The van der Waals surface area contributed by atoms with Crippen molar-refractivity contribution in [3.05, 3.63) is 53.6 Å². The molecule has 1 aliphatic heterocycles. The van der Waals surface area contributed by atoms with Gasteiger partial charge in [0.15, 0.2) is 10.9 Å². The molecule has 2 amide bonds. The minimum absolute atomic E-state index is 0.139. The third kappa shape index (κ3) is 4.17. The Morgan fingerprint density at radius 2 is 1.79 bits per heavy atom. The highest BCUT2D eigenvalue weighted by Gasteiger charge is 2.24. The first-order valence-electron chi connectivity index (χ1n) is 9.57. The first-order chi connectivity index (χ1) is 13.9. The Labute approximate surface area is 172 Å². The monoisotopic (exact) mass is 416 g/mol. The number of fused-ring (bicyclic) bond motifs is 1. The summed E-state index contributed by atoms with van der Waals surface area (Å²) >= 11 is 1.26. The van der Waals surface area contributed by atoms with E-state index in [2.05, 4.69) is 24.1 Å². The molecule has 4 rings (SSSR count). The normalized spacial score (nSPS) is 14.7. The molecule has 0 unspecified atom stereocenters. The molecule has 3 aromatic rings. The molecule has 8 heteroatoms. The van der Waals surface area contributed by atoms with Crippen molar-refractivity contribution in [2.24, 2.45) is 0 Å². The number of amides is 2. The van der Waals surface area contributed by atoms with Crippen molar-refractivity contribution in [3.8, 4) is 0 Å². The van der Waals surface area contributed by atoms with Crippen molar-refractivity contribution in [1.82, 2.24) is 9.88 Å². The van der Waals surface area contributed by atoms with Gasteiger partial charge < -0.3 is 15.1 Å². The molecule has 29 heavy (non-hydrogen) atoms. The number of halogens is 2. The fourth-order valence-corrected chi connectivity index (χ4v) is 4.39. The molecule has 152 valence electrons. The largest absolute Gasteiger partial charge is 0.345 e. The maximum Gasteiger partial charge on any atom is 0.321 e. The van der Waals surface area contributed by atoms with Crippen LogP contribution in [0.2, 0.25) is 0 Å². The number of hydrogen-bond acceptors (Lipinski definition) is 4. The fraction of sp³-hybridized carbons (Fsp3) is 0.333. The highest BCUT2D eigenvalue weighted by molar-refractivity contribution is 7.22. The molecule has 0 bridgehead atoms. The molecule has 2 aromatic carbocycles. The predicted octanol–water partition coefficient (Wildman–Crippen LogP) is 5.05. The van der Waals surface area contributed by atoms with Crippen LogP contribution in [0.15, 0.2) is 36.4 Å². The smallest absolute Gasteiger partial charge is 0.321 e. The van der Waals surface area contributed by atoms with E-state index in [9.17, 15) is 13.6 Å². The van der Waals surface area contributed by atoms with E-state index in [1.54, 1.807) is 4.90 Å². The molecule has 5 nitrogen and oxygen atoms in total. The van der Waals surface area contributed by atoms with E-state index in [1.165, 1.54) is 23.0 Å². The third-order valence-electron chi connectivity index (χ3n) is 5.07. The van der Waals surface area contributed by atoms with Crippen LogP contribution in [0.25, 0.3) is 10.2 Å². The van der Waals surface area contributed by atoms with Gasteiger partial charge in [0.1, 0.15) is 11.3 Å². The van der Waals surface area contributed by atoms with Crippen molar-refractivity contribution in [2.75, 3.05) is 36.4 Å². The van der Waals surface area contributed by atoms with Gasteiger partial charge in [-0.3, -0.25) is 0 Å². The summed E-state index contributed by atoms with van der Waals surface area (Å²) in [5, 5.41) is 3.58. The van der Waals surface area contributed by atoms with Gasteiger partial charge >= 0.3 is 6.03 Å². The summed E-state index contributed by atoms with van der Waals surface area (Å²) in [5.41, 5.74) is 2.19. The average Bonchev–Trinajstić information content (AvgIpc) is 3.13. The van der Waals surface area contributed by atoms with Gasteiger partial charge in [-0.25, -0.2) is 18.6 Å². The molecular weight excluding hydrogens is 394 g/mol. The number of nitrogens with one attached hydrogen (secondary N) is 1. The van der Waals surface area contributed by atoms with Crippen LogP contribution < -0.4 is 10.2 Å². The minimum Gasteiger partial charge on any atom is -0.345 e. The number of thiazole rings is 1. The fourth-order valence-electron chi connectivity index (χ4n) is 3.34. The summed E-state index contributed by atoms with van der Waals surface area (Å²) in [6, 6.07) is 9.88. The number of anilines is 2. The van der Waals surface area contributed by atoms with Crippen LogP contribution >= 0.6 is 11.3 Å². The average molecular weight is 416 g/mol. The Hall–Kier alpha value is -2.74. The highest BCUT2D eigenvalue weighted by Crippen LogP contribution is 2.31. The first-order valence-corrected chi connectivity index (χ1v) is 10.4. The number of nitrogens with zero attached hydrogens (tertiary/aromatic N) is 3. The second-order valence-corrected chi connectivity index (χ2v) is 8.42. The molecule has 0 aliphatic carbocycles. The molecule has 2 heterocycles. The Balaban J connectivity index is 1.37. The van der Waals surface area contributed by atoms with Crippen molar-refractivity contribution in [1.29, 1.82) is 0 Å². The number of benzene rings is 2. The molecule has 1 saturated heterocycles. The van der Waals surface area contributed by atoms with Gasteiger partial charge in [-0.2, -0.15) is 0 Å². The molecule has 1 aliphatic rings. The Bertz CT molecular complexity index is 1030. The van der Waals surface area contributed by atoms with Crippen LogP contribution in [0.4, 0.5) is 24.4 Å². The topological polar surface area (TPSA) is 48.5 Å². The highest BCUT2D eigenvalue weighted by atomic mass is 32.1.